The first-order valence-corrected chi connectivity index (χ1v) is 10.6. The molecule has 0 bridgehead atoms. The first-order chi connectivity index (χ1) is 15.0. The number of nitrogens with zero attached hydrogens (tertiary/aromatic N) is 1. The third kappa shape index (κ3) is 3.42. The Kier molecular flexibility index (Phi) is 4.85. The van der Waals surface area contributed by atoms with Crippen molar-refractivity contribution >= 4 is 17.6 Å². The quantitative estimate of drug-likeness (QED) is 0.560. The molecule has 0 saturated heterocycles. The number of ether oxygens (including phenoxy) is 2. The Morgan fingerprint density at radius 2 is 1.84 bits per heavy atom. The van der Waals surface area contributed by atoms with Gasteiger partial charge in [0.2, 0.25) is 0 Å². The minimum atomic E-state index is -0.732. The lowest BCUT2D eigenvalue weighted by Crippen LogP contribution is -2.46. The molecule has 2 aromatic rings. The van der Waals surface area contributed by atoms with Gasteiger partial charge in [0.05, 0.1) is 17.2 Å². The van der Waals surface area contributed by atoms with Gasteiger partial charge in [-0.2, -0.15) is 0 Å². The number of hydrogen-bond donors (Lipinski definition) is 0. The zero-order valence-electron chi connectivity index (χ0n) is 17.1. The van der Waals surface area contributed by atoms with Crippen LogP contribution >= 0.6 is 0 Å². The number of carbonyl (C=O) groups excluding carboxylic acids is 3. The number of hydrogen-bond acceptors (Lipinski definition) is 5. The van der Waals surface area contributed by atoms with Gasteiger partial charge in [-0.25, -0.2) is 0 Å². The van der Waals surface area contributed by atoms with Gasteiger partial charge in [0.25, 0.3) is 11.8 Å². The number of imide groups is 1. The van der Waals surface area contributed by atoms with Crippen molar-refractivity contribution in [1.82, 2.24) is 4.90 Å². The van der Waals surface area contributed by atoms with Crippen LogP contribution in [0.2, 0.25) is 0 Å². The second kappa shape index (κ2) is 7.69. The molecule has 2 aliphatic heterocycles. The summed E-state index contributed by atoms with van der Waals surface area (Å²) < 4.78 is 12.0. The summed E-state index contributed by atoms with van der Waals surface area (Å²) in [5, 5.41) is 0. The summed E-state index contributed by atoms with van der Waals surface area (Å²) in [7, 11) is 0. The zero-order chi connectivity index (χ0) is 21.5. The van der Waals surface area contributed by atoms with E-state index in [0.29, 0.717) is 18.6 Å². The van der Waals surface area contributed by atoms with Gasteiger partial charge in [0, 0.05) is 6.42 Å². The number of amides is 2. The lowest BCUT2D eigenvalue weighted by atomic mass is 9.89. The highest BCUT2D eigenvalue weighted by Gasteiger charge is 2.45. The van der Waals surface area contributed by atoms with Crippen molar-refractivity contribution in [3.8, 4) is 11.5 Å². The summed E-state index contributed by atoms with van der Waals surface area (Å²) in [6, 6.07) is 12.2. The predicted molar refractivity (Wildman–Crippen MR) is 113 cm³/mol. The second-order valence-corrected chi connectivity index (χ2v) is 8.30. The molecule has 2 atom stereocenters. The van der Waals surface area contributed by atoms with Gasteiger partial charge in [-0.05, 0) is 49.4 Å². The Hall–Kier alpha value is -3.41. The monoisotopic (exact) mass is 417 g/mol. The summed E-state index contributed by atoms with van der Waals surface area (Å²) in [5.74, 6) is 0.182. The fourth-order valence-corrected chi connectivity index (χ4v) is 4.58. The zero-order valence-corrected chi connectivity index (χ0v) is 17.1. The molecular formula is C25H23NO5. The highest BCUT2D eigenvalue weighted by Crippen LogP contribution is 2.36. The molecule has 2 heterocycles. The highest BCUT2D eigenvalue weighted by atomic mass is 16.5. The fourth-order valence-electron chi connectivity index (χ4n) is 4.58. The molecule has 1 aliphatic carbocycles. The van der Waals surface area contributed by atoms with E-state index in [0.717, 1.165) is 29.1 Å². The van der Waals surface area contributed by atoms with Crippen molar-refractivity contribution in [2.45, 2.75) is 44.2 Å². The van der Waals surface area contributed by atoms with Crippen LogP contribution < -0.4 is 9.47 Å². The fraction of sp³-hybridized carbons (Fsp3) is 0.320. The van der Waals surface area contributed by atoms with Crippen molar-refractivity contribution in [2.75, 3.05) is 6.61 Å². The number of allylic oxidation sites excluding steroid dienone is 1. The highest BCUT2D eigenvalue weighted by molar-refractivity contribution is 6.24. The van der Waals surface area contributed by atoms with E-state index in [1.54, 1.807) is 18.2 Å². The van der Waals surface area contributed by atoms with E-state index >= 15 is 0 Å². The van der Waals surface area contributed by atoms with Crippen LogP contribution in [0.3, 0.4) is 0 Å². The smallest absolute Gasteiger partial charge is 0.266 e. The molecular weight excluding hydrogens is 394 g/mol. The van der Waals surface area contributed by atoms with Crippen LogP contribution in [0.25, 0.3) is 0 Å². The summed E-state index contributed by atoms with van der Waals surface area (Å²) in [5.41, 5.74) is 2.54. The van der Waals surface area contributed by atoms with Gasteiger partial charge in [0.1, 0.15) is 24.2 Å². The number of Topliss-reactive ketones (excluding diaryl/α,β-unsaturated/α-hetero) is 1. The van der Waals surface area contributed by atoms with Crippen molar-refractivity contribution in [1.29, 1.82) is 0 Å². The van der Waals surface area contributed by atoms with Crippen molar-refractivity contribution in [3.05, 3.63) is 71.3 Å². The largest absolute Gasteiger partial charge is 0.489 e. The molecule has 5 rings (SSSR count). The van der Waals surface area contributed by atoms with Gasteiger partial charge in [-0.1, -0.05) is 36.4 Å². The Labute approximate surface area is 180 Å². The Morgan fingerprint density at radius 1 is 1.00 bits per heavy atom. The van der Waals surface area contributed by atoms with E-state index in [-0.39, 0.29) is 36.0 Å². The van der Waals surface area contributed by atoms with Crippen LogP contribution in [0.15, 0.2) is 54.6 Å². The Morgan fingerprint density at radius 3 is 2.68 bits per heavy atom. The first kappa shape index (κ1) is 19.5. The summed E-state index contributed by atoms with van der Waals surface area (Å²) >= 11 is 0. The number of aryl methyl sites for hydroxylation is 1. The molecule has 0 spiro atoms. The minimum absolute atomic E-state index is 0.137. The van der Waals surface area contributed by atoms with Crippen molar-refractivity contribution in [2.24, 2.45) is 0 Å². The van der Waals surface area contributed by atoms with E-state index in [4.69, 9.17) is 9.47 Å². The van der Waals surface area contributed by atoms with E-state index in [1.807, 2.05) is 18.2 Å². The molecule has 0 N–H and O–H groups in total. The molecule has 2 amide bonds. The number of rotatable bonds is 4. The first-order valence-electron chi connectivity index (χ1n) is 10.6. The summed E-state index contributed by atoms with van der Waals surface area (Å²) in [6.45, 7) is 4.13. The summed E-state index contributed by atoms with van der Waals surface area (Å²) in [4.78, 5) is 39.8. The molecule has 158 valence electrons. The molecule has 2 aromatic carbocycles. The van der Waals surface area contributed by atoms with E-state index < -0.39 is 17.9 Å². The van der Waals surface area contributed by atoms with E-state index in [9.17, 15) is 14.4 Å². The number of benzene rings is 2. The Bertz CT molecular complexity index is 1100. The maximum atomic E-state index is 13.2. The van der Waals surface area contributed by atoms with Gasteiger partial charge >= 0.3 is 0 Å². The molecule has 0 aromatic heterocycles. The predicted octanol–water partition coefficient (Wildman–Crippen LogP) is 3.73. The number of ketones is 1. The Balaban J connectivity index is 1.34. The van der Waals surface area contributed by atoms with Crippen molar-refractivity contribution in [3.63, 3.8) is 0 Å². The molecule has 31 heavy (non-hydrogen) atoms. The van der Waals surface area contributed by atoms with Gasteiger partial charge in [0.15, 0.2) is 5.78 Å². The third-order valence-corrected chi connectivity index (χ3v) is 6.21. The van der Waals surface area contributed by atoms with Crippen molar-refractivity contribution < 1.29 is 23.9 Å². The molecule has 6 heteroatoms. The van der Waals surface area contributed by atoms with Gasteiger partial charge < -0.3 is 9.47 Å². The van der Waals surface area contributed by atoms with E-state index in [2.05, 4.69) is 12.6 Å². The number of carbonyl (C=O) groups is 3. The van der Waals surface area contributed by atoms with Crippen LogP contribution in [-0.2, 0) is 11.2 Å². The summed E-state index contributed by atoms with van der Waals surface area (Å²) in [6.07, 6.45) is 2.84. The number of fused-ring (bicyclic) bond motifs is 2. The average Bonchev–Trinajstić information content (AvgIpc) is 3.03. The van der Waals surface area contributed by atoms with Crippen LogP contribution in [0, 0.1) is 0 Å². The molecule has 3 aliphatic rings. The molecule has 1 saturated carbocycles. The molecule has 6 nitrogen and oxygen atoms in total. The van der Waals surface area contributed by atoms with Crippen LogP contribution in [0.1, 0.15) is 52.0 Å². The van der Waals surface area contributed by atoms with Crippen LogP contribution in [-0.4, -0.2) is 41.3 Å². The van der Waals surface area contributed by atoms with Gasteiger partial charge in [-0.15, -0.1) is 0 Å². The molecule has 2 unspecified atom stereocenters. The number of para-hydroxylation sites is 1. The standard InChI is InChI=1S/C25H23NO5/c1-15-9-12-19(20(27)13-15)26-24(28)18-6-4-8-22(23(18)25(26)29)30-14-17-11-10-16-5-2-3-7-21(16)31-17/h2-8,17,19H,1,9-14H2. The maximum absolute atomic E-state index is 13.2. The minimum Gasteiger partial charge on any atom is -0.489 e. The molecule has 0 radical (unpaired) electrons. The lowest BCUT2D eigenvalue weighted by molar-refractivity contribution is -0.123. The normalized spacial score (nSPS) is 22.8. The second-order valence-electron chi connectivity index (χ2n) is 8.30. The maximum Gasteiger partial charge on any atom is 0.266 e. The SMILES string of the molecule is C=C1CCC(N2C(=O)c3cccc(OCC4CCc5ccccc5O4)c3C2=O)C(=O)C1. The molecule has 1 fully saturated rings. The van der Waals surface area contributed by atoms with Crippen LogP contribution in [0.4, 0.5) is 0 Å². The third-order valence-electron chi connectivity index (χ3n) is 6.21. The lowest BCUT2D eigenvalue weighted by Gasteiger charge is -2.29. The van der Waals surface area contributed by atoms with E-state index in [1.165, 1.54) is 5.56 Å². The topological polar surface area (TPSA) is 72.9 Å². The average molecular weight is 417 g/mol. The van der Waals surface area contributed by atoms with Crippen LogP contribution in [0.5, 0.6) is 11.5 Å². The van der Waals surface area contributed by atoms with Gasteiger partial charge in [-0.3, -0.25) is 19.3 Å².